The molecule has 0 aromatic heterocycles. The fourth-order valence-corrected chi connectivity index (χ4v) is 2.52. The topological polar surface area (TPSA) is 29.5 Å². The second-order valence-corrected chi connectivity index (χ2v) is 5.11. The Morgan fingerprint density at radius 1 is 1.26 bits per heavy atom. The number of benzene rings is 1. The van der Waals surface area contributed by atoms with Crippen LogP contribution in [0.15, 0.2) is 24.3 Å². The summed E-state index contributed by atoms with van der Waals surface area (Å²) in [6.45, 7) is 5.70. The zero-order valence-electron chi connectivity index (χ0n) is 11.9. The lowest BCUT2D eigenvalue weighted by Crippen LogP contribution is -2.43. The number of amides is 1. The van der Waals surface area contributed by atoms with Gasteiger partial charge in [-0.15, -0.1) is 0 Å². The molecule has 0 bridgehead atoms. The molecule has 104 valence electrons. The monoisotopic (exact) mass is 261 g/mol. The summed E-state index contributed by atoms with van der Waals surface area (Å²) in [7, 11) is 0. The third kappa shape index (κ3) is 3.49. The molecule has 1 saturated heterocycles. The molecule has 3 heteroatoms. The van der Waals surface area contributed by atoms with Gasteiger partial charge in [0.15, 0.2) is 6.10 Å². The van der Waals surface area contributed by atoms with Crippen LogP contribution in [-0.4, -0.2) is 30.0 Å². The first-order chi connectivity index (χ1) is 9.22. The van der Waals surface area contributed by atoms with E-state index >= 15 is 0 Å². The number of ether oxygens (including phenoxy) is 1. The maximum atomic E-state index is 12.3. The van der Waals surface area contributed by atoms with Crippen molar-refractivity contribution in [2.24, 2.45) is 0 Å². The molecule has 2 rings (SSSR count). The first kappa shape index (κ1) is 13.9. The first-order valence-electron chi connectivity index (χ1n) is 7.25. The Balaban J connectivity index is 1.99. The van der Waals surface area contributed by atoms with E-state index in [0.717, 1.165) is 43.7 Å². The van der Waals surface area contributed by atoms with Gasteiger partial charge in [0.2, 0.25) is 0 Å². The zero-order valence-corrected chi connectivity index (χ0v) is 11.9. The molecular formula is C16H23NO2. The summed E-state index contributed by atoms with van der Waals surface area (Å²) in [6, 6.07) is 7.95. The predicted molar refractivity (Wildman–Crippen MR) is 76.3 cm³/mol. The number of hydrogen-bond acceptors (Lipinski definition) is 2. The Bertz CT molecular complexity index is 425. The number of nitrogens with zero attached hydrogens (tertiary/aromatic N) is 1. The van der Waals surface area contributed by atoms with Gasteiger partial charge in [0.1, 0.15) is 5.75 Å². The Kier molecular flexibility index (Phi) is 4.83. The fraction of sp³-hybridized carbons (Fsp3) is 0.562. The van der Waals surface area contributed by atoms with Crippen molar-refractivity contribution in [2.45, 2.75) is 45.6 Å². The van der Waals surface area contributed by atoms with Gasteiger partial charge in [-0.05, 0) is 44.2 Å². The molecule has 3 nitrogen and oxygen atoms in total. The average Bonchev–Trinajstić information content (AvgIpc) is 2.48. The number of hydrogen-bond donors (Lipinski definition) is 0. The van der Waals surface area contributed by atoms with Gasteiger partial charge in [0.05, 0.1) is 0 Å². The van der Waals surface area contributed by atoms with Crippen molar-refractivity contribution in [1.29, 1.82) is 0 Å². The lowest BCUT2D eigenvalue weighted by Gasteiger charge is -2.29. The SMILES string of the molecule is CCc1ccccc1O[C@H](C)C(=O)N1CCCCC1. The van der Waals surface area contributed by atoms with Gasteiger partial charge in [-0.2, -0.15) is 0 Å². The van der Waals surface area contributed by atoms with E-state index in [-0.39, 0.29) is 5.91 Å². The van der Waals surface area contributed by atoms with Crippen LogP contribution in [0.5, 0.6) is 5.75 Å². The van der Waals surface area contributed by atoms with Crippen molar-refractivity contribution < 1.29 is 9.53 Å². The van der Waals surface area contributed by atoms with Crippen LogP contribution in [0.4, 0.5) is 0 Å². The van der Waals surface area contributed by atoms with E-state index < -0.39 is 6.10 Å². The molecule has 1 amide bonds. The van der Waals surface area contributed by atoms with Crippen molar-refractivity contribution >= 4 is 5.91 Å². The number of aryl methyl sites for hydroxylation is 1. The number of rotatable bonds is 4. The second kappa shape index (κ2) is 6.60. The standard InChI is InChI=1S/C16H23NO2/c1-3-14-9-5-6-10-15(14)19-13(2)16(18)17-11-7-4-8-12-17/h5-6,9-10,13H,3-4,7-8,11-12H2,1-2H3/t13-/m1/s1. The summed E-state index contributed by atoms with van der Waals surface area (Å²) in [6.07, 6.45) is 3.98. The number of carbonyl (C=O) groups is 1. The largest absolute Gasteiger partial charge is 0.481 e. The summed E-state index contributed by atoms with van der Waals surface area (Å²) in [4.78, 5) is 14.2. The lowest BCUT2D eigenvalue weighted by atomic mass is 10.1. The molecule has 0 radical (unpaired) electrons. The normalized spacial score (nSPS) is 17.1. The highest BCUT2D eigenvalue weighted by Crippen LogP contribution is 2.20. The van der Waals surface area contributed by atoms with Crippen molar-refractivity contribution in [1.82, 2.24) is 4.90 Å². The molecule has 0 spiro atoms. The van der Waals surface area contributed by atoms with Crippen LogP contribution in [0.3, 0.4) is 0 Å². The number of likely N-dealkylation sites (tertiary alicyclic amines) is 1. The van der Waals surface area contributed by atoms with Crippen molar-refractivity contribution in [3.05, 3.63) is 29.8 Å². The van der Waals surface area contributed by atoms with E-state index in [1.54, 1.807) is 0 Å². The summed E-state index contributed by atoms with van der Waals surface area (Å²) >= 11 is 0. The molecule has 1 heterocycles. The predicted octanol–water partition coefficient (Wildman–Crippen LogP) is 3.03. The fourth-order valence-electron chi connectivity index (χ4n) is 2.52. The molecule has 0 N–H and O–H groups in total. The highest BCUT2D eigenvalue weighted by Gasteiger charge is 2.23. The van der Waals surface area contributed by atoms with Crippen molar-refractivity contribution in [2.75, 3.05) is 13.1 Å². The van der Waals surface area contributed by atoms with E-state index in [1.807, 2.05) is 36.1 Å². The Morgan fingerprint density at radius 3 is 2.63 bits per heavy atom. The Hall–Kier alpha value is -1.51. The van der Waals surface area contributed by atoms with Crippen LogP contribution in [0, 0.1) is 0 Å². The van der Waals surface area contributed by atoms with Gasteiger partial charge in [0.25, 0.3) is 5.91 Å². The second-order valence-electron chi connectivity index (χ2n) is 5.11. The van der Waals surface area contributed by atoms with E-state index in [2.05, 4.69) is 6.92 Å². The molecule has 1 aliphatic heterocycles. The smallest absolute Gasteiger partial charge is 0.263 e. The van der Waals surface area contributed by atoms with E-state index in [0.29, 0.717) is 0 Å². The van der Waals surface area contributed by atoms with Crippen LogP contribution in [0.2, 0.25) is 0 Å². The lowest BCUT2D eigenvalue weighted by molar-refractivity contribution is -0.138. The zero-order chi connectivity index (χ0) is 13.7. The maximum absolute atomic E-state index is 12.3. The number of carbonyl (C=O) groups excluding carboxylic acids is 1. The van der Waals surface area contributed by atoms with Crippen LogP contribution >= 0.6 is 0 Å². The van der Waals surface area contributed by atoms with Crippen LogP contribution in [0.25, 0.3) is 0 Å². The molecule has 1 aliphatic rings. The van der Waals surface area contributed by atoms with E-state index in [9.17, 15) is 4.79 Å². The molecular weight excluding hydrogens is 238 g/mol. The van der Waals surface area contributed by atoms with Gasteiger partial charge in [-0.25, -0.2) is 0 Å². The quantitative estimate of drug-likeness (QED) is 0.833. The van der Waals surface area contributed by atoms with Crippen LogP contribution in [0.1, 0.15) is 38.7 Å². The van der Waals surface area contributed by atoms with Gasteiger partial charge in [0, 0.05) is 13.1 Å². The summed E-state index contributed by atoms with van der Waals surface area (Å²) < 4.78 is 5.86. The van der Waals surface area contributed by atoms with Crippen molar-refractivity contribution in [3.63, 3.8) is 0 Å². The number of piperidine rings is 1. The van der Waals surface area contributed by atoms with Crippen molar-refractivity contribution in [3.8, 4) is 5.75 Å². The maximum Gasteiger partial charge on any atom is 0.263 e. The van der Waals surface area contributed by atoms with Crippen LogP contribution < -0.4 is 4.74 Å². The highest BCUT2D eigenvalue weighted by molar-refractivity contribution is 5.81. The van der Waals surface area contributed by atoms with Crippen LogP contribution in [-0.2, 0) is 11.2 Å². The molecule has 1 atom stereocenters. The van der Waals surface area contributed by atoms with E-state index in [1.165, 1.54) is 6.42 Å². The minimum Gasteiger partial charge on any atom is -0.481 e. The molecule has 1 aromatic carbocycles. The average molecular weight is 261 g/mol. The molecule has 1 fully saturated rings. The minimum absolute atomic E-state index is 0.116. The molecule has 1 aromatic rings. The number of para-hydroxylation sites is 1. The highest BCUT2D eigenvalue weighted by atomic mass is 16.5. The van der Waals surface area contributed by atoms with E-state index in [4.69, 9.17) is 4.74 Å². The Labute approximate surface area is 115 Å². The molecule has 0 saturated carbocycles. The summed E-state index contributed by atoms with van der Waals surface area (Å²) in [5.41, 5.74) is 1.15. The van der Waals surface area contributed by atoms with Gasteiger partial charge in [-0.1, -0.05) is 25.1 Å². The molecule has 19 heavy (non-hydrogen) atoms. The minimum atomic E-state index is -0.397. The third-order valence-electron chi connectivity index (χ3n) is 3.67. The third-order valence-corrected chi connectivity index (χ3v) is 3.67. The van der Waals surface area contributed by atoms with Gasteiger partial charge in [-0.3, -0.25) is 4.79 Å². The molecule has 0 unspecified atom stereocenters. The van der Waals surface area contributed by atoms with Gasteiger partial charge < -0.3 is 9.64 Å². The molecule has 0 aliphatic carbocycles. The summed E-state index contributed by atoms with van der Waals surface area (Å²) in [5, 5.41) is 0. The summed E-state index contributed by atoms with van der Waals surface area (Å²) in [5.74, 6) is 0.952. The first-order valence-corrected chi connectivity index (χ1v) is 7.25. The van der Waals surface area contributed by atoms with Gasteiger partial charge >= 0.3 is 0 Å². The Morgan fingerprint density at radius 2 is 1.95 bits per heavy atom.